The van der Waals surface area contributed by atoms with E-state index in [1.165, 1.54) is 5.69 Å². The Morgan fingerprint density at radius 2 is 2.23 bits per heavy atom. The summed E-state index contributed by atoms with van der Waals surface area (Å²) in [6, 6.07) is 3.83. The average molecular weight is 170 g/mol. The minimum absolute atomic E-state index is 0.873. The molecule has 0 radical (unpaired) electrons. The molecule has 2 heteroatoms. The van der Waals surface area contributed by atoms with Crippen molar-refractivity contribution in [3.63, 3.8) is 0 Å². The van der Waals surface area contributed by atoms with Gasteiger partial charge in [0.25, 0.3) is 0 Å². The number of pyridine rings is 1. The van der Waals surface area contributed by atoms with Crippen molar-refractivity contribution >= 4 is 5.65 Å². The molecule has 13 heavy (non-hydrogen) atoms. The van der Waals surface area contributed by atoms with Gasteiger partial charge in [0, 0.05) is 17.5 Å². The Labute approximate surface area is 77.2 Å². The number of nitrogens with zero attached hydrogens (tertiary/aromatic N) is 2. The van der Waals surface area contributed by atoms with Gasteiger partial charge in [-0.25, -0.2) is 4.98 Å². The molecule has 0 saturated carbocycles. The van der Waals surface area contributed by atoms with Gasteiger partial charge in [-0.3, -0.25) is 0 Å². The summed E-state index contributed by atoms with van der Waals surface area (Å²) in [5, 5.41) is 0. The number of imidazole rings is 1. The van der Waals surface area contributed by atoms with Crippen molar-refractivity contribution in [3.8, 4) is 12.3 Å². The Morgan fingerprint density at radius 3 is 2.92 bits per heavy atom. The first-order chi connectivity index (χ1) is 6.22. The first-order valence-corrected chi connectivity index (χ1v) is 4.14. The lowest BCUT2D eigenvalue weighted by atomic mass is 10.3. The fourth-order valence-corrected chi connectivity index (χ4v) is 1.37. The van der Waals surface area contributed by atoms with Gasteiger partial charge in [0.05, 0.1) is 5.69 Å². The van der Waals surface area contributed by atoms with Gasteiger partial charge in [0.15, 0.2) is 0 Å². The number of terminal acetylenes is 1. The maximum Gasteiger partial charge on any atom is 0.138 e. The summed E-state index contributed by atoms with van der Waals surface area (Å²) in [4.78, 5) is 4.39. The van der Waals surface area contributed by atoms with Crippen LogP contribution in [0.5, 0.6) is 0 Å². The molecule has 0 N–H and O–H groups in total. The molecule has 0 bridgehead atoms. The van der Waals surface area contributed by atoms with Crippen molar-refractivity contribution in [2.45, 2.75) is 13.8 Å². The third-order valence-corrected chi connectivity index (χ3v) is 2.27. The van der Waals surface area contributed by atoms with Gasteiger partial charge < -0.3 is 4.40 Å². The van der Waals surface area contributed by atoms with Crippen LogP contribution >= 0.6 is 0 Å². The molecule has 0 atom stereocenters. The van der Waals surface area contributed by atoms with E-state index in [2.05, 4.69) is 10.9 Å². The van der Waals surface area contributed by atoms with Crippen molar-refractivity contribution in [2.75, 3.05) is 0 Å². The summed E-state index contributed by atoms with van der Waals surface area (Å²) >= 11 is 0. The van der Waals surface area contributed by atoms with E-state index < -0.39 is 0 Å². The molecule has 2 aromatic heterocycles. The van der Waals surface area contributed by atoms with E-state index in [0.29, 0.717) is 0 Å². The quantitative estimate of drug-likeness (QED) is 0.552. The van der Waals surface area contributed by atoms with Crippen molar-refractivity contribution in [1.29, 1.82) is 0 Å². The second-order valence-electron chi connectivity index (χ2n) is 3.07. The molecule has 0 amide bonds. The Balaban J connectivity index is 2.82. The largest absolute Gasteiger partial charge is 0.304 e. The third-order valence-electron chi connectivity index (χ3n) is 2.27. The zero-order valence-corrected chi connectivity index (χ0v) is 7.70. The lowest BCUT2D eigenvalue weighted by Crippen LogP contribution is -1.87. The molecule has 0 aliphatic rings. The zero-order chi connectivity index (χ0) is 9.42. The number of aromatic nitrogens is 2. The van der Waals surface area contributed by atoms with Crippen LogP contribution in [0.2, 0.25) is 0 Å². The first-order valence-electron chi connectivity index (χ1n) is 4.14. The predicted molar refractivity (Wildman–Crippen MR) is 52.6 cm³/mol. The summed E-state index contributed by atoms with van der Waals surface area (Å²) in [5.74, 6) is 2.59. The summed E-state index contributed by atoms with van der Waals surface area (Å²) < 4.78 is 2.04. The van der Waals surface area contributed by atoms with Crippen molar-refractivity contribution < 1.29 is 0 Å². The van der Waals surface area contributed by atoms with Gasteiger partial charge in [-0.2, -0.15) is 0 Å². The lowest BCUT2D eigenvalue weighted by Gasteiger charge is -1.95. The normalized spacial score (nSPS) is 10.2. The molecule has 0 aromatic carbocycles. The van der Waals surface area contributed by atoms with Crippen molar-refractivity contribution in [1.82, 2.24) is 9.38 Å². The Kier molecular flexibility index (Phi) is 1.60. The molecule has 2 nitrogen and oxygen atoms in total. The predicted octanol–water partition coefficient (Wildman–Crippen LogP) is 1.93. The summed E-state index contributed by atoms with van der Waals surface area (Å²) in [5.41, 5.74) is 4.01. The Morgan fingerprint density at radius 1 is 1.46 bits per heavy atom. The second kappa shape index (κ2) is 2.63. The molecule has 0 aliphatic heterocycles. The molecule has 0 unspecified atom stereocenters. The SMILES string of the molecule is C#Cc1ccn2c(C)c(C)nc2c1. The van der Waals surface area contributed by atoms with Crippen LogP contribution < -0.4 is 0 Å². The number of fused-ring (bicyclic) bond motifs is 1. The van der Waals surface area contributed by atoms with Crippen LogP contribution in [0.1, 0.15) is 17.0 Å². The molecule has 2 rings (SSSR count). The van der Waals surface area contributed by atoms with Gasteiger partial charge in [-0.15, -0.1) is 6.42 Å². The fourth-order valence-electron chi connectivity index (χ4n) is 1.37. The van der Waals surface area contributed by atoms with Crippen LogP contribution in [-0.2, 0) is 0 Å². The number of hydrogen-bond acceptors (Lipinski definition) is 1. The summed E-state index contributed by atoms with van der Waals surface area (Å²) in [6.45, 7) is 4.04. The van der Waals surface area contributed by atoms with Gasteiger partial charge in [-0.05, 0) is 26.0 Å². The summed E-state index contributed by atoms with van der Waals surface area (Å²) in [6.07, 6.45) is 7.26. The molecule has 64 valence electrons. The highest BCUT2D eigenvalue weighted by Crippen LogP contribution is 2.11. The van der Waals surface area contributed by atoms with Gasteiger partial charge in [-0.1, -0.05) is 5.92 Å². The van der Waals surface area contributed by atoms with Crippen molar-refractivity contribution in [3.05, 3.63) is 35.3 Å². The van der Waals surface area contributed by atoms with Crippen molar-refractivity contribution in [2.24, 2.45) is 0 Å². The smallest absolute Gasteiger partial charge is 0.138 e. The van der Waals surface area contributed by atoms with Gasteiger partial charge >= 0.3 is 0 Å². The molecular formula is C11H10N2. The highest BCUT2D eigenvalue weighted by atomic mass is 15.0. The van der Waals surface area contributed by atoms with E-state index in [4.69, 9.17) is 6.42 Å². The molecule has 2 aromatic rings. The van der Waals surface area contributed by atoms with Crippen LogP contribution in [0.3, 0.4) is 0 Å². The van der Waals surface area contributed by atoms with E-state index in [0.717, 1.165) is 16.9 Å². The first kappa shape index (κ1) is 7.88. The van der Waals surface area contributed by atoms with Crippen LogP contribution in [0, 0.1) is 26.2 Å². The standard InChI is InChI=1S/C11H10N2/c1-4-10-5-6-13-9(3)8(2)12-11(13)7-10/h1,5-7H,2-3H3. The highest BCUT2D eigenvalue weighted by molar-refractivity contribution is 5.49. The molecule has 0 saturated heterocycles. The summed E-state index contributed by atoms with van der Waals surface area (Å²) in [7, 11) is 0. The average Bonchev–Trinajstić information content (AvgIpc) is 2.42. The number of rotatable bonds is 0. The monoisotopic (exact) mass is 170 g/mol. The minimum Gasteiger partial charge on any atom is -0.304 e. The Bertz CT molecular complexity index is 501. The van der Waals surface area contributed by atoms with Gasteiger partial charge in [0.2, 0.25) is 0 Å². The maximum atomic E-state index is 5.30. The van der Waals surface area contributed by atoms with Crippen LogP contribution in [0.25, 0.3) is 5.65 Å². The number of aryl methyl sites for hydroxylation is 2. The van der Waals surface area contributed by atoms with Gasteiger partial charge in [0.1, 0.15) is 5.65 Å². The highest BCUT2D eigenvalue weighted by Gasteiger charge is 2.02. The zero-order valence-electron chi connectivity index (χ0n) is 7.70. The molecule has 0 spiro atoms. The second-order valence-corrected chi connectivity index (χ2v) is 3.07. The molecule has 2 heterocycles. The topological polar surface area (TPSA) is 17.3 Å². The van der Waals surface area contributed by atoms with Crippen LogP contribution in [0.15, 0.2) is 18.3 Å². The lowest BCUT2D eigenvalue weighted by molar-refractivity contribution is 1.09. The van der Waals surface area contributed by atoms with E-state index in [-0.39, 0.29) is 0 Å². The van der Waals surface area contributed by atoms with E-state index in [1.807, 2.05) is 36.6 Å². The van der Waals surface area contributed by atoms with E-state index >= 15 is 0 Å². The Hall–Kier alpha value is -1.75. The van der Waals surface area contributed by atoms with E-state index in [9.17, 15) is 0 Å². The fraction of sp³-hybridized carbons (Fsp3) is 0.182. The molecule has 0 fully saturated rings. The van der Waals surface area contributed by atoms with Crippen LogP contribution in [0.4, 0.5) is 0 Å². The van der Waals surface area contributed by atoms with Crippen LogP contribution in [-0.4, -0.2) is 9.38 Å². The van der Waals surface area contributed by atoms with E-state index in [1.54, 1.807) is 0 Å². The maximum absolute atomic E-state index is 5.30. The third kappa shape index (κ3) is 1.09. The minimum atomic E-state index is 0.873. The number of hydrogen-bond donors (Lipinski definition) is 0. The molecular weight excluding hydrogens is 160 g/mol. The molecule has 0 aliphatic carbocycles.